The normalized spacial score (nSPS) is 25.4. The highest BCUT2D eigenvalue weighted by Gasteiger charge is 2.43. The van der Waals surface area contributed by atoms with Gasteiger partial charge in [0.05, 0.1) is 12.8 Å². The lowest BCUT2D eigenvalue weighted by atomic mass is 9.98. The third-order valence-electron chi connectivity index (χ3n) is 5.32. The first-order valence-electron chi connectivity index (χ1n) is 8.65. The lowest BCUT2D eigenvalue weighted by Gasteiger charge is -2.19. The summed E-state index contributed by atoms with van der Waals surface area (Å²) in [5, 5.41) is 4.18. The molecule has 132 valence electrons. The highest BCUT2D eigenvalue weighted by atomic mass is 16.5. The molecule has 1 aliphatic heterocycles. The monoisotopic (exact) mass is 343 g/mol. The summed E-state index contributed by atoms with van der Waals surface area (Å²) in [6.07, 6.45) is 5.04. The molecule has 2 aromatic heterocycles. The quantitative estimate of drug-likeness (QED) is 0.824. The number of carbonyl (C=O) groups excluding carboxylic acids is 2. The van der Waals surface area contributed by atoms with E-state index in [1.165, 1.54) is 16.9 Å². The number of carbonyl (C=O) groups is 2. The average molecular weight is 343 g/mol. The predicted octanol–water partition coefficient (Wildman–Crippen LogP) is 0.715. The van der Waals surface area contributed by atoms with Crippen molar-refractivity contribution in [2.24, 2.45) is 17.6 Å². The summed E-state index contributed by atoms with van der Waals surface area (Å²) in [5.41, 5.74) is 7.15. The summed E-state index contributed by atoms with van der Waals surface area (Å²) in [4.78, 5) is 31.0. The zero-order valence-corrected chi connectivity index (χ0v) is 14.1. The number of hydrogen-bond acceptors (Lipinski definition) is 6. The van der Waals surface area contributed by atoms with Gasteiger partial charge in [0.25, 0.3) is 5.91 Å². The van der Waals surface area contributed by atoms with Gasteiger partial charge in [-0.25, -0.2) is 14.3 Å². The maximum Gasteiger partial charge on any atom is 0.343 e. The van der Waals surface area contributed by atoms with Crippen molar-refractivity contribution in [2.45, 2.75) is 25.8 Å². The molecule has 2 aromatic rings. The number of nitrogens with two attached hydrogens (primary N) is 1. The maximum absolute atomic E-state index is 13.0. The lowest BCUT2D eigenvalue weighted by Crippen LogP contribution is -2.34. The number of aromatic nitrogens is 3. The van der Waals surface area contributed by atoms with E-state index < -0.39 is 5.97 Å². The average Bonchev–Trinajstić information content (AvgIpc) is 3.30. The van der Waals surface area contributed by atoms with Gasteiger partial charge < -0.3 is 15.4 Å². The molecular weight excluding hydrogens is 322 g/mol. The van der Waals surface area contributed by atoms with Crippen molar-refractivity contribution in [3.05, 3.63) is 29.7 Å². The van der Waals surface area contributed by atoms with E-state index in [1.807, 2.05) is 4.90 Å². The Kier molecular flexibility index (Phi) is 3.91. The van der Waals surface area contributed by atoms with Crippen LogP contribution in [0.1, 0.15) is 40.6 Å². The molecule has 1 saturated carbocycles. The second kappa shape index (κ2) is 6.11. The number of rotatable bonds is 3. The van der Waals surface area contributed by atoms with Gasteiger partial charge in [0.1, 0.15) is 11.3 Å². The smallest absolute Gasteiger partial charge is 0.343 e. The van der Waals surface area contributed by atoms with Crippen molar-refractivity contribution in [3.8, 4) is 0 Å². The number of amides is 1. The molecule has 1 amide bonds. The number of nitrogens with zero attached hydrogens (tertiary/aromatic N) is 4. The fourth-order valence-electron chi connectivity index (χ4n) is 4.04. The number of likely N-dealkylation sites (tertiary alicyclic amines) is 1. The van der Waals surface area contributed by atoms with Crippen LogP contribution >= 0.6 is 0 Å². The lowest BCUT2D eigenvalue weighted by molar-refractivity contribution is 0.0528. The Labute approximate surface area is 144 Å². The number of fused-ring (bicyclic) bond motifs is 2. The standard InChI is InChI=1S/C17H21N5O3/c1-2-25-17(24)11-7-20-22-14(5-6-19-15(11)22)16(23)21-8-10-3-4-13(18)12(10)9-21/h5-7,10,12-13H,2-4,8-9,18H2,1H3. The van der Waals surface area contributed by atoms with Crippen molar-refractivity contribution >= 4 is 17.5 Å². The molecule has 0 spiro atoms. The molecule has 8 heteroatoms. The van der Waals surface area contributed by atoms with Crippen LogP contribution < -0.4 is 5.73 Å². The second-order valence-corrected chi connectivity index (χ2v) is 6.72. The number of esters is 1. The summed E-state index contributed by atoms with van der Waals surface area (Å²) < 4.78 is 6.43. The van der Waals surface area contributed by atoms with Crippen LogP contribution in [-0.2, 0) is 4.74 Å². The highest BCUT2D eigenvalue weighted by Crippen LogP contribution is 2.37. The van der Waals surface area contributed by atoms with E-state index in [-0.39, 0.29) is 24.1 Å². The minimum absolute atomic E-state index is 0.104. The van der Waals surface area contributed by atoms with Crippen LogP contribution in [0.2, 0.25) is 0 Å². The van der Waals surface area contributed by atoms with Crippen LogP contribution in [0.15, 0.2) is 18.5 Å². The van der Waals surface area contributed by atoms with Gasteiger partial charge in [0, 0.05) is 25.3 Å². The Morgan fingerprint density at radius 3 is 2.96 bits per heavy atom. The van der Waals surface area contributed by atoms with E-state index in [2.05, 4.69) is 10.1 Å². The Morgan fingerprint density at radius 1 is 1.36 bits per heavy atom. The zero-order chi connectivity index (χ0) is 17.6. The molecule has 3 unspecified atom stereocenters. The predicted molar refractivity (Wildman–Crippen MR) is 89.0 cm³/mol. The molecule has 0 bridgehead atoms. The van der Waals surface area contributed by atoms with Crippen LogP contribution in [0.4, 0.5) is 0 Å². The first-order chi connectivity index (χ1) is 12.1. The van der Waals surface area contributed by atoms with Gasteiger partial charge in [0.15, 0.2) is 5.65 Å². The molecule has 3 atom stereocenters. The van der Waals surface area contributed by atoms with E-state index >= 15 is 0 Å². The largest absolute Gasteiger partial charge is 0.462 e. The van der Waals surface area contributed by atoms with Gasteiger partial charge in [-0.2, -0.15) is 5.10 Å². The molecule has 2 N–H and O–H groups in total. The van der Waals surface area contributed by atoms with Crippen LogP contribution in [0.5, 0.6) is 0 Å². The first kappa shape index (κ1) is 16.0. The third kappa shape index (κ3) is 2.57. The van der Waals surface area contributed by atoms with Gasteiger partial charge in [-0.3, -0.25) is 4.79 Å². The molecule has 25 heavy (non-hydrogen) atoms. The third-order valence-corrected chi connectivity index (χ3v) is 5.32. The molecule has 1 aliphatic carbocycles. The molecule has 3 heterocycles. The fraction of sp³-hybridized carbons (Fsp3) is 0.529. The minimum atomic E-state index is -0.490. The molecule has 8 nitrogen and oxygen atoms in total. The summed E-state index contributed by atoms with van der Waals surface area (Å²) in [6.45, 7) is 3.42. The number of hydrogen-bond donors (Lipinski definition) is 1. The summed E-state index contributed by atoms with van der Waals surface area (Å²) >= 11 is 0. The van der Waals surface area contributed by atoms with Crippen LogP contribution in [0.3, 0.4) is 0 Å². The van der Waals surface area contributed by atoms with E-state index in [0.29, 0.717) is 29.7 Å². The van der Waals surface area contributed by atoms with Gasteiger partial charge >= 0.3 is 5.97 Å². The molecule has 1 saturated heterocycles. The molecule has 2 fully saturated rings. The SMILES string of the molecule is CCOC(=O)c1cnn2c(C(=O)N3CC4CCC(N)C4C3)ccnc12. The Morgan fingerprint density at radius 2 is 2.20 bits per heavy atom. The van der Waals surface area contributed by atoms with E-state index in [0.717, 1.165) is 19.4 Å². The molecule has 4 rings (SSSR count). The van der Waals surface area contributed by atoms with Crippen molar-refractivity contribution < 1.29 is 14.3 Å². The van der Waals surface area contributed by atoms with E-state index in [1.54, 1.807) is 13.0 Å². The first-order valence-corrected chi connectivity index (χ1v) is 8.65. The summed E-state index contributed by atoms with van der Waals surface area (Å²) in [6, 6.07) is 1.81. The fourth-order valence-corrected chi connectivity index (χ4v) is 4.04. The van der Waals surface area contributed by atoms with Crippen LogP contribution in [0, 0.1) is 11.8 Å². The van der Waals surface area contributed by atoms with Crippen molar-refractivity contribution in [3.63, 3.8) is 0 Å². The second-order valence-electron chi connectivity index (χ2n) is 6.72. The Bertz CT molecular complexity index is 833. The van der Waals surface area contributed by atoms with E-state index in [9.17, 15) is 9.59 Å². The highest BCUT2D eigenvalue weighted by molar-refractivity contribution is 5.98. The van der Waals surface area contributed by atoms with E-state index in [4.69, 9.17) is 10.5 Å². The molecular formula is C17H21N5O3. The summed E-state index contributed by atoms with van der Waals surface area (Å²) in [7, 11) is 0. The van der Waals surface area contributed by atoms with Crippen molar-refractivity contribution in [2.75, 3.05) is 19.7 Å². The zero-order valence-electron chi connectivity index (χ0n) is 14.1. The van der Waals surface area contributed by atoms with Crippen LogP contribution in [0.25, 0.3) is 5.65 Å². The molecule has 0 radical (unpaired) electrons. The van der Waals surface area contributed by atoms with Gasteiger partial charge in [0.2, 0.25) is 0 Å². The molecule has 0 aromatic carbocycles. The molecule has 2 aliphatic rings. The van der Waals surface area contributed by atoms with Gasteiger partial charge in [-0.1, -0.05) is 0 Å². The number of ether oxygens (including phenoxy) is 1. The van der Waals surface area contributed by atoms with Gasteiger partial charge in [-0.05, 0) is 37.7 Å². The Balaban J connectivity index is 1.63. The minimum Gasteiger partial charge on any atom is -0.462 e. The van der Waals surface area contributed by atoms with Crippen LogP contribution in [-0.4, -0.2) is 57.1 Å². The Hall–Kier alpha value is -2.48. The van der Waals surface area contributed by atoms with Gasteiger partial charge in [-0.15, -0.1) is 0 Å². The van der Waals surface area contributed by atoms with Crippen molar-refractivity contribution in [1.82, 2.24) is 19.5 Å². The van der Waals surface area contributed by atoms with Crippen molar-refractivity contribution in [1.29, 1.82) is 0 Å². The maximum atomic E-state index is 13.0. The topological polar surface area (TPSA) is 103 Å². The summed E-state index contributed by atoms with van der Waals surface area (Å²) in [5.74, 6) is 0.279.